The van der Waals surface area contributed by atoms with Crippen LogP contribution in [0.5, 0.6) is 46.0 Å². The van der Waals surface area contributed by atoms with Crippen LogP contribution in [0.2, 0.25) is 0 Å². The Hall–Kier alpha value is -9.30. The molecule has 0 aromatic heterocycles. The number of aliphatic imine (C=N–C) groups is 2. The van der Waals surface area contributed by atoms with Gasteiger partial charge in [0, 0.05) is 12.4 Å². The fraction of sp³-hybridized carbons (Fsp3) is 0.286. The SMILES string of the molecule is COc1ccc(N=Nc2ccc(OCCCCCCOc3ccc(C=Nc4ccc(OCCCCCCOc5ccc(N=Cc6ccc(OCCCCCCOc7ccc(N=Nc8ccc(OC)cc8)cc7)cc6)cc5)cc4)cc3)cc2)cc1. The van der Waals surface area contributed by atoms with E-state index in [1.807, 2.05) is 207 Å². The first-order valence-corrected chi connectivity index (χ1v) is 29.1. The van der Waals surface area contributed by atoms with Gasteiger partial charge in [-0.25, -0.2) is 0 Å². The van der Waals surface area contributed by atoms with Crippen molar-refractivity contribution in [2.75, 3.05) is 53.9 Å². The molecule has 8 rings (SSSR count). The molecule has 0 atom stereocenters. The highest BCUT2D eigenvalue weighted by molar-refractivity contribution is 5.82. The zero-order chi connectivity index (χ0) is 57.9. The van der Waals surface area contributed by atoms with E-state index in [0.717, 1.165) is 168 Å². The van der Waals surface area contributed by atoms with Crippen molar-refractivity contribution in [3.05, 3.63) is 205 Å². The molecule has 0 aliphatic rings. The molecule has 0 saturated heterocycles. The summed E-state index contributed by atoms with van der Waals surface area (Å²) in [5.41, 5.74) is 6.83. The number of hydrogen-bond acceptors (Lipinski definition) is 14. The van der Waals surface area contributed by atoms with Crippen molar-refractivity contribution in [1.29, 1.82) is 0 Å². The Labute approximate surface area is 494 Å². The number of methoxy groups -OCH3 is 2. The largest absolute Gasteiger partial charge is 0.497 e. The Morgan fingerprint density at radius 1 is 0.226 bits per heavy atom. The van der Waals surface area contributed by atoms with Gasteiger partial charge in [-0.2, -0.15) is 20.5 Å². The van der Waals surface area contributed by atoms with Crippen LogP contribution in [0.15, 0.2) is 225 Å². The van der Waals surface area contributed by atoms with Gasteiger partial charge in [-0.05, 0) is 282 Å². The fourth-order valence-electron chi connectivity index (χ4n) is 8.42. The standard InChI is InChI=1S/C70H76N6O8/c1-77-63-35-23-59(24-36-63)73-75-61-27-43-69(44-28-61)83-51-13-5-3-9-47-79-65-31-15-55(16-32-65)53-71-57-19-39-67(40-20-57)81-49-11-7-8-12-50-82-68-41-21-58(22-42-68)72-54-56-17-33-66(34-18-56)80-48-10-4-6-14-52-84-70-45-29-62(30-46-70)76-74-60-25-37-64(78-2)38-26-60/h15-46,53-54H,3-14,47-52H2,1-2H3. The summed E-state index contributed by atoms with van der Waals surface area (Å²) in [6.07, 6.45) is 16.1. The highest BCUT2D eigenvalue weighted by Crippen LogP contribution is 2.27. The van der Waals surface area contributed by atoms with Crippen LogP contribution >= 0.6 is 0 Å². The molecule has 14 heteroatoms. The predicted molar refractivity (Wildman–Crippen MR) is 336 cm³/mol. The molecule has 0 fully saturated rings. The van der Waals surface area contributed by atoms with Gasteiger partial charge in [0.1, 0.15) is 46.0 Å². The Morgan fingerprint density at radius 2 is 0.417 bits per heavy atom. The number of ether oxygens (including phenoxy) is 8. The molecule has 434 valence electrons. The van der Waals surface area contributed by atoms with E-state index in [-0.39, 0.29) is 0 Å². The van der Waals surface area contributed by atoms with Crippen LogP contribution in [0.25, 0.3) is 0 Å². The molecule has 0 aliphatic carbocycles. The van der Waals surface area contributed by atoms with E-state index in [1.54, 1.807) is 14.2 Å². The first-order chi connectivity index (χ1) is 41.5. The van der Waals surface area contributed by atoms with Gasteiger partial charge in [-0.1, -0.05) is 0 Å². The maximum absolute atomic E-state index is 6.00. The average molecular weight is 1130 g/mol. The van der Waals surface area contributed by atoms with E-state index < -0.39 is 0 Å². The van der Waals surface area contributed by atoms with Gasteiger partial charge in [0.15, 0.2) is 0 Å². The third kappa shape index (κ3) is 22.9. The highest BCUT2D eigenvalue weighted by atomic mass is 16.5. The normalized spacial score (nSPS) is 11.4. The van der Waals surface area contributed by atoms with Gasteiger partial charge in [0.2, 0.25) is 0 Å². The van der Waals surface area contributed by atoms with Crippen LogP contribution in [0.3, 0.4) is 0 Å². The van der Waals surface area contributed by atoms with Gasteiger partial charge in [-0.3, -0.25) is 9.98 Å². The van der Waals surface area contributed by atoms with Crippen LogP contribution in [0, 0.1) is 0 Å². The maximum Gasteiger partial charge on any atom is 0.119 e. The zero-order valence-electron chi connectivity index (χ0n) is 48.3. The van der Waals surface area contributed by atoms with E-state index in [1.165, 1.54) is 0 Å². The van der Waals surface area contributed by atoms with Crippen LogP contribution < -0.4 is 37.9 Å². The second-order valence-corrected chi connectivity index (χ2v) is 19.8. The van der Waals surface area contributed by atoms with Crippen LogP contribution in [0.4, 0.5) is 34.1 Å². The third-order valence-corrected chi connectivity index (χ3v) is 13.3. The molecule has 0 N–H and O–H groups in total. The lowest BCUT2D eigenvalue weighted by Crippen LogP contribution is -2.00. The summed E-state index contributed by atoms with van der Waals surface area (Å²) in [5, 5.41) is 17.1. The Bertz CT molecular complexity index is 2990. The van der Waals surface area contributed by atoms with Crippen molar-refractivity contribution in [1.82, 2.24) is 0 Å². The number of nitrogens with zero attached hydrogens (tertiary/aromatic N) is 6. The Morgan fingerprint density at radius 3 is 0.631 bits per heavy atom. The molecule has 0 bridgehead atoms. The number of benzene rings is 8. The van der Waals surface area contributed by atoms with Crippen LogP contribution in [0.1, 0.15) is 88.2 Å². The second kappa shape index (κ2) is 35.5. The smallest absolute Gasteiger partial charge is 0.119 e. The lowest BCUT2D eigenvalue weighted by molar-refractivity contribution is 0.287. The lowest BCUT2D eigenvalue weighted by Gasteiger charge is -2.08. The highest BCUT2D eigenvalue weighted by Gasteiger charge is 2.04. The van der Waals surface area contributed by atoms with Gasteiger partial charge in [0.05, 0.1) is 88.0 Å². The summed E-state index contributed by atoms with van der Waals surface area (Å²) in [5.74, 6) is 6.65. The van der Waals surface area contributed by atoms with Crippen molar-refractivity contribution in [3.63, 3.8) is 0 Å². The van der Waals surface area contributed by atoms with E-state index in [4.69, 9.17) is 37.9 Å². The summed E-state index contributed by atoms with van der Waals surface area (Å²) >= 11 is 0. The van der Waals surface area contributed by atoms with Crippen LogP contribution in [-0.2, 0) is 0 Å². The molecule has 84 heavy (non-hydrogen) atoms. The molecule has 0 saturated carbocycles. The summed E-state index contributed by atoms with van der Waals surface area (Å²) in [6.45, 7) is 4.05. The quantitative estimate of drug-likeness (QED) is 0.0212. The van der Waals surface area contributed by atoms with E-state index in [9.17, 15) is 0 Å². The minimum absolute atomic E-state index is 0.672. The molecule has 8 aromatic carbocycles. The molecule has 0 amide bonds. The summed E-state index contributed by atoms with van der Waals surface area (Å²) in [6, 6.07) is 62.1. The van der Waals surface area contributed by atoms with Crippen molar-refractivity contribution in [3.8, 4) is 46.0 Å². The second-order valence-electron chi connectivity index (χ2n) is 19.8. The van der Waals surface area contributed by atoms with E-state index in [2.05, 4.69) is 30.4 Å². The van der Waals surface area contributed by atoms with Crippen LogP contribution in [-0.4, -0.2) is 66.3 Å². The predicted octanol–water partition coefficient (Wildman–Crippen LogP) is 19.1. The van der Waals surface area contributed by atoms with Gasteiger partial charge in [-0.15, -0.1) is 0 Å². The lowest BCUT2D eigenvalue weighted by atomic mass is 10.2. The summed E-state index contributed by atoms with van der Waals surface area (Å²) < 4.78 is 46.2. The summed E-state index contributed by atoms with van der Waals surface area (Å²) in [7, 11) is 3.28. The van der Waals surface area contributed by atoms with Gasteiger partial charge >= 0.3 is 0 Å². The van der Waals surface area contributed by atoms with Crippen molar-refractivity contribution in [2.45, 2.75) is 77.0 Å². The maximum atomic E-state index is 6.00. The molecule has 0 heterocycles. The third-order valence-electron chi connectivity index (χ3n) is 13.3. The average Bonchev–Trinajstić information content (AvgIpc) is 3.60. The first-order valence-electron chi connectivity index (χ1n) is 29.1. The number of rotatable bonds is 37. The molecule has 8 aromatic rings. The van der Waals surface area contributed by atoms with E-state index in [0.29, 0.717) is 39.6 Å². The number of unbranched alkanes of at least 4 members (excludes halogenated alkanes) is 9. The van der Waals surface area contributed by atoms with Crippen molar-refractivity contribution < 1.29 is 37.9 Å². The minimum Gasteiger partial charge on any atom is -0.497 e. The molecule has 0 unspecified atom stereocenters. The molecular formula is C70H76N6O8. The summed E-state index contributed by atoms with van der Waals surface area (Å²) in [4.78, 5) is 9.30. The zero-order valence-corrected chi connectivity index (χ0v) is 48.3. The monoisotopic (exact) mass is 1130 g/mol. The Balaban J connectivity index is 0.586. The first kappa shape index (κ1) is 60.8. The molecule has 0 aliphatic heterocycles. The van der Waals surface area contributed by atoms with Crippen molar-refractivity contribution >= 4 is 46.6 Å². The van der Waals surface area contributed by atoms with E-state index >= 15 is 0 Å². The number of azo groups is 2. The van der Waals surface area contributed by atoms with Gasteiger partial charge < -0.3 is 37.9 Å². The Kier molecular flexibility index (Phi) is 25.7. The molecule has 0 radical (unpaired) electrons. The van der Waals surface area contributed by atoms with Gasteiger partial charge in [0.25, 0.3) is 0 Å². The fourth-order valence-corrected chi connectivity index (χ4v) is 8.42. The molecule has 0 spiro atoms. The molecule has 14 nitrogen and oxygen atoms in total. The van der Waals surface area contributed by atoms with Crippen molar-refractivity contribution in [2.24, 2.45) is 30.4 Å². The number of hydrogen-bond donors (Lipinski definition) is 0. The topological polar surface area (TPSA) is 148 Å². The molecular weight excluding hydrogens is 1050 g/mol. The minimum atomic E-state index is 0.672.